The number of rotatable bonds is 5. The lowest BCUT2D eigenvalue weighted by Crippen LogP contribution is -2.15. The van der Waals surface area contributed by atoms with Crippen molar-refractivity contribution in [2.45, 2.75) is 20.4 Å². The van der Waals surface area contributed by atoms with E-state index < -0.39 is 0 Å². The molecule has 0 unspecified atom stereocenters. The third-order valence-electron chi connectivity index (χ3n) is 4.95. The van der Waals surface area contributed by atoms with Crippen LogP contribution in [0.3, 0.4) is 0 Å². The minimum absolute atomic E-state index is 0.279. The van der Waals surface area contributed by atoms with E-state index in [1.165, 1.54) is 5.56 Å². The number of fused-ring (bicyclic) bond motifs is 1. The summed E-state index contributed by atoms with van der Waals surface area (Å²) in [5.41, 5.74) is 4.96. The number of pyridine rings is 1. The van der Waals surface area contributed by atoms with Crippen LogP contribution in [-0.4, -0.2) is 44.9 Å². The van der Waals surface area contributed by atoms with Crippen LogP contribution in [0.5, 0.6) is 0 Å². The Kier molecular flexibility index (Phi) is 5.29. The Hall–Kier alpha value is -3.58. The van der Waals surface area contributed by atoms with Crippen molar-refractivity contribution in [3.63, 3.8) is 0 Å². The number of carbonyl (C=O) groups excluding carboxylic acids is 1. The van der Waals surface area contributed by atoms with Gasteiger partial charge in [0, 0.05) is 11.9 Å². The van der Waals surface area contributed by atoms with Crippen LogP contribution < -0.4 is 5.32 Å². The average molecular weight is 400 g/mol. The number of anilines is 1. The van der Waals surface area contributed by atoms with Crippen LogP contribution in [0.4, 0.5) is 5.82 Å². The number of nitrogens with zero attached hydrogens (tertiary/aromatic N) is 5. The van der Waals surface area contributed by atoms with Gasteiger partial charge in [-0.05, 0) is 69.4 Å². The van der Waals surface area contributed by atoms with Gasteiger partial charge in [-0.1, -0.05) is 29.5 Å². The summed E-state index contributed by atoms with van der Waals surface area (Å²) in [6, 6.07) is 17.8. The monoisotopic (exact) mass is 400 g/mol. The van der Waals surface area contributed by atoms with Crippen LogP contribution in [0.1, 0.15) is 27.3 Å². The van der Waals surface area contributed by atoms with Crippen LogP contribution in [0.25, 0.3) is 16.6 Å². The highest BCUT2D eigenvalue weighted by Gasteiger charge is 2.18. The quantitative estimate of drug-likeness (QED) is 0.552. The molecule has 0 bridgehead atoms. The van der Waals surface area contributed by atoms with Gasteiger partial charge in [0.1, 0.15) is 5.82 Å². The molecule has 7 nitrogen and oxygen atoms in total. The molecule has 0 spiro atoms. The van der Waals surface area contributed by atoms with E-state index in [4.69, 9.17) is 0 Å². The Bertz CT molecular complexity index is 1230. The summed E-state index contributed by atoms with van der Waals surface area (Å²) in [6.45, 7) is 4.70. The number of aryl methyl sites for hydroxylation is 1. The van der Waals surface area contributed by atoms with Crippen molar-refractivity contribution >= 4 is 22.6 Å². The molecule has 0 atom stereocenters. The molecule has 2 aromatic carbocycles. The first-order chi connectivity index (χ1) is 14.4. The van der Waals surface area contributed by atoms with Gasteiger partial charge in [-0.3, -0.25) is 4.79 Å². The molecular weight excluding hydrogens is 376 g/mol. The predicted octanol–water partition coefficient (Wildman–Crippen LogP) is 3.75. The molecule has 1 N–H and O–H groups in total. The Balaban J connectivity index is 1.57. The molecular formula is C23H24N6O. The second-order valence-electron chi connectivity index (χ2n) is 7.64. The molecule has 2 heterocycles. The number of hydrogen-bond acceptors (Lipinski definition) is 5. The average Bonchev–Trinajstić information content (AvgIpc) is 3.09. The zero-order valence-electron chi connectivity index (χ0n) is 17.5. The normalized spacial score (nSPS) is 11.2. The van der Waals surface area contributed by atoms with E-state index in [-0.39, 0.29) is 11.6 Å². The number of amides is 1. The predicted molar refractivity (Wildman–Crippen MR) is 118 cm³/mol. The van der Waals surface area contributed by atoms with Gasteiger partial charge in [0.25, 0.3) is 5.91 Å². The van der Waals surface area contributed by atoms with Gasteiger partial charge in [0.15, 0.2) is 5.69 Å². The van der Waals surface area contributed by atoms with Gasteiger partial charge in [-0.15, -0.1) is 5.10 Å². The fourth-order valence-electron chi connectivity index (χ4n) is 3.45. The minimum Gasteiger partial charge on any atom is -0.305 e. The lowest BCUT2D eigenvalue weighted by atomic mass is 10.1. The van der Waals surface area contributed by atoms with Crippen LogP contribution in [0.15, 0.2) is 54.6 Å². The Labute approximate surface area is 175 Å². The lowest BCUT2D eigenvalue weighted by Gasteiger charge is -2.10. The van der Waals surface area contributed by atoms with E-state index in [9.17, 15) is 4.79 Å². The molecule has 0 aliphatic heterocycles. The largest absolute Gasteiger partial charge is 0.305 e. The Morgan fingerprint density at radius 3 is 2.63 bits per heavy atom. The van der Waals surface area contributed by atoms with Crippen molar-refractivity contribution < 1.29 is 4.79 Å². The first kappa shape index (κ1) is 19.7. The van der Waals surface area contributed by atoms with Crippen LogP contribution >= 0.6 is 0 Å². The second-order valence-corrected chi connectivity index (χ2v) is 7.64. The Morgan fingerprint density at radius 1 is 1.07 bits per heavy atom. The number of hydrogen-bond donors (Lipinski definition) is 1. The fourth-order valence-corrected chi connectivity index (χ4v) is 3.45. The van der Waals surface area contributed by atoms with Gasteiger partial charge in [-0.25, -0.2) is 9.67 Å². The summed E-state index contributed by atoms with van der Waals surface area (Å²) >= 11 is 0. The minimum atomic E-state index is -0.330. The molecule has 4 aromatic rings. The van der Waals surface area contributed by atoms with Crippen molar-refractivity contribution in [1.29, 1.82) is 0 Å². The van der Waals surface area contributed by atoms with Crippen LogP contribution in [0.2, 0.25) is 0 Å². The van der Waals surface area contributed by atoms with Gasteiger partial charge in [-0.2, -0.15) is 0 Å². The van der Waals surface area contributed by atoms with Gasteiger partial charge in [0.05, 0.1) is 16.9 Å². The zero-order chi connectivity index (χ0) is 21.3. The number of para-hydroxylation sites is 1. The highest BCUT2D eigenvalue weighted by Crippen LogP contribution is 2.20. The molecule has 7 heteroatoms. The van der Waals surface area contributed by atoms with E-state index in [2.05, 4.69) is 37.6 Å². The molecule has 30 heavy (non-hydrogen) atoms. The number of carbonyl (C=O) groups is 1. The summed E-state index contributed by atoms with van der Waals surface area (Å²) in [7, 11) is 4.08. The maximum Gasteiger partial charge on any atom is 0.279 e. The molecule has 0 saturated carbocycles. The summed E-state index contributed by atoms with van der Waals surface area (Å²) in [5, 5.41) is 12.2. The Morgan fingerprint density at radius 2 is 1.87 bits per heavy atom. The highest BCUT2D eigenvalue weighted by molar-refractivity contribution is 6.03. The molecule has 0 aliphatic rings. The number of aromatic nitrogens is 4. The van der Waals surface area contributed by atoms with E-state index in [1.807, 2.05) is 64.3 Å². The third kappa shape index (κ3) is 3.92. The summed E-state index contributed by atoms with van der Waals surface area (Å²) in [6.07, 6.45) is 0. The van der Waals surface area contributed by atoms with Crippen molar-refractivity contribution in [1.82, 2.24) is 24.9 Å². The van der Waals surface area contributed by atoms with Crippen molar-refractivity contribution in [3.05, 3.63) is 77.1 Å². The van der Waals surface area contributed by atoms with Crippen molar-refractivity contribution in [2.24, 2.45) is 0 Å². The summed E-state index contributed by atoms with van der Waals surface area (Å²) in [4.78, 5) is 19.5. The standard InChI is InChI=1S/C23H24N6O/c1-15-7-5-6-8-20(15)29-16(2)22(26-27-29)23(30)25-21-12-10-18-13-17(14-28(3)4)9-11-19(18)24-21/h5-13H,14H2,1-4H3,(H,24,25,30). The van der Waals surface area contributed by atoms with E-state index in [0.29, 0.717) is 11.5 Å². The van der Waals surface area contributed by atoms with Crippen molar-refractivity contribution in [2.75, 3.05) is 19.4 Å². The number of nitrogens with one attached hydrogen (secondary N) is 1. The molecule has 1 amide bonds. The molecule has 4 rings (SSSR count). The van der Waals surface area contributed by atoms with Gasteiger partial charge >= 0.3 is 0 Å². The maximum absolute atomic E-state index is 12.8. The van der Waals surface area contributed by atoms with E-state index >= 15 is 0 Å². The van der Waals surface area contributed by atoms with Gasteiger partial charge in [0.2, 0.25) is 0 Å². The van der Waals surface area contributed by atoms with Gasteiger partial charge < -0.3 is 10.2 Å². The molecule has 0 aliphatic carbocycles. The maximum atomic E-state index is 12.8. The van der Waals surface area contributed by atoms with E-state index in [0.717, 1.165) is 28.7 Å². The highest BCUT2D eigenvalue weighted by atomic mass is 16.2. The number of benzene rings is 2. The molecule has 0 radical (unpaired) electrons. The second kappa shape index (κ2) is 8.04. The molecule has 0 fully saturated rings. The van der Waals surface area contributed by atoms with Crippen LogP contribution in [0, 0.1) is 13.8 Å². The van der Waals surface area contributed by atoms with E-state index in [1.54, 1.807) is 10.7 Å². The summed E-state index contributed by atoms with van der Waals surface area (Å²) < 4.78 is 1.68. The topological polar surface area (TPSA) is 75.9 Å². The third-order valence-corrected chi connectivity index (χ3v) is 4.95. The first-order valence-corrected chi connectivity index (χ1v) is 9.76. The molecule has 152 valence electrons. The lowest BCUT2D eigenvalue weighted by molar-refractivity contribution is 0.102. The van der Waals surface area contributed by atoms with Crippen molar-refractivity contribution in [3.8, 4) is 5.69 Å². The van der Waals surface area contributed by atoms with Crippen LogP contribution in [-0.2, 0) is 6.54 Å². The molecule has 2 aromatic heterocycles. The zero-order valence-corrected chi connectivity index (χ0v) is 17.5. The molecule has 0 saturated heterocycles. The fraction of sp³-hybridized carbons (Fsp3) is 0.217. The smallest absolute Gasteiger partial charge is 0.279 e. The summed E-state index contributed by atoms with van der Waals surface area (Å²) in [5.74, 6) is 0.154. The first-order valence-electron chi connectivity index (χ1n) is 9.76. The SMILES string of the molecule is Cc1ccccc1-n1nnc(C(=O)Nc2ccc3cc(CN(C)C)ccc3n2)c1C.